The molecule has 0 saturated heterocycles. The topological polar surface area (TPSA) is 20.2 Å². The van der Waals surface area contributed by atoms with Crippen LogP contribution in [0.15, 0.2) is 24.3 Å². The summed E-state index contributed by atoms with van der Waals surface area (Å²) in [5.74, 6) is 1.86. The lowest BCUT2D eigenvalue weighted by Crippen LogP contribution is -2.26. The normalized spacial score (nSPS) is 33.3. The van der Waals surface area contributed by atoms with E-state index in [4.69, 9.17) is 0 Å². The fourth-order valence-corrected chi connectivity index (χ4v) is 3.89. The van der Waals surface area contributed by atoms with Crippen LogP contribution in [-0.2, 0) is 11.8 Å². The van der Waals surface area contributed by atoms with E-state index in [0.29, 0.717) is 6.61 Å². The van der Waals surface area contributed by atoms with E-state index < -0.39 is 0 Å². The highest BCUT2D eigenvalue weighted by atomic mass is 16.3. The van der Waals surface area contributed by atoms with Crippen LogP contribution in [0.3, 0.4) is 0 Å². The summed E-state index contributed by atoms with van der Waals surface area (Å²) in [7, 11) is 0. The van der Waals surface area contributed by atoms with Gasteiger partial charge in [0, 0.05) is 6.61 Å². The monoisotopic (exact) mass is 258 g/mol. The Morgan fingerprint density at radius 3 is 2.16 bits per heavy atom. The Labute approximate surface area is 117 Å². The molecule has 0 amide bonds. The molecule has 1 aromatic carbocycles. The van der Waals surface area contributed by atoms with E-state index in [9.17, 15) is 5.11 Å². The molecule has 2 aliphatic carbocycles. The van der Waals surface area contributed by atoms with Gasteiger partial charge in [0.15, 0.2) is 0 Å². The van der Waals surface area contributed by atoms with Crippen LogP contribution in [0.5, 0.6) is 0 Å². The summed E-state index contributed by atoms with van der Waals surface area (Å²) in [6, 6.07) is 9.05. The molecular weight excluding hydrogens is 232 g/mol. The van der Waals surface area contributed by atoms with Gasteiger partial charge in [-0.3, -0.25) is 0 Å². The maximum Gasteiger partial charge on any atom is 0.0490 e. The van der Waals surface area contributed by atoms with Crippen LogP contribution in [0.25, 0.3) is 0 Å². The van der Waals surface area contributed by atoms with Gasteiger partial charge in [-0.1, -0.05) is 45.0 Å². The standard InChI is InChI=1S/C18H26O/c1-17(2,3)16-6-4-13(5-7-16)9-18(12-19)10-14-8-15(14)11-18/h4-7,14-15,19H,8-12H2,1-3H3. The molecule has 3 rings (SSSR count). The number of hydrogen-bond acceptors (Lipinski definition) is 1. The van der Waals surface area contributed by atoms with E-state index in [0.717, 1.165) is 18.3 Å². The first kappa shape index (κ1) is 13.2. The molecule has 104 valence electrons. The van der Waals surface area contributed by atoms with Gasteiger partial charge < -0.3 is 5.11 Å². The molecule has 2 saturated carbocycles. The summed E-state index contributed by atoms with van der Waals surface area (Å²) in [5, 5.41) is 9.80. The molecular formula is C18H26O. The molecule has 2 fully saturated rings. The largest absolute Gasteiger partial charge is 0.396 e. The Hall–Kier alpha value is -0.820. The lowest BCUT2D eigenvalue weighted by molar-refractivity contribution is 0.117. The number of hydrogen-bond donors (Lipinski definition) is 1. The number of benzene rings is 1. The predicted molar refractivity (Wildman–Crippen MR) is 79.2 cm³/mol. The van der Waals surface area contributed by atoms with Gasteiger partial charge in [0.05, 0.1) is 0 Å². The van der Waals surface area contributed by atoms with Crippen LogP contribution in [0.4, 0.5) is 0 Å². The second kappa shape index (κ2) is 4.34. The molecule has 19 heavy (non-hydrogen) atoms. The highest BCUT2D eigenvalue weighted by Gasteiger charge is 2.53. The van der Waals surface area contributed by atoms with Gasteiger partial charge in [0.1, 0.15) is 0 Å². The minimum Gasteiger partial charge on any atom is -0.396 e. The van der Waals surface area contributed by atoms with Crippen LogP contribution in [-0.4, -0.2) is 11.7 Å². The average molecular weight is 258 g/mol. The molecule has 0 aliphatic heterocycles. The zero-order chi connectivity index (χ0) is 13.7. The summed E-state index contributed by atoms with van der Waals surface area (Å²) in [6.07, 6.45) is 4.97. The van der Waals surface area contributed by atoms with Crippen molar-refractivity contribution < 1.29 is 5.11 Å². The van der Waals surface area contributed by atoms with E-state index in [1.807, 2.05) is 0 Å². The fourth-order valence-electron chi connectivity index (χ4n) is 3.89. The number of aliphatic hydroxyl groups excluding tert-OH is 1. The van der Waals surface area contributed by atoms with Crippen molar-refractivity contribution in [2.45, 2.75) is 51.9 Å². The third kappa shape index (κ3) is 2.58. The number of rotatable bonds is 3. The summed E-state index contributed by atoms with van der Waals surface area (Å²) in [4.78, 5) is 0. The quantitative estimate of drug-likeness (QED) is 0.871. The van der Waals surface area contributed by atoms with Crippen molar-refractivity contribution in [3.8, 4) is 0 Å². The van der Waals surface area contributed by atoms with Gasteiger partial charge >= 0.3 is 0 Å². The minimum atomic E-state index is 0.191. The Kier molecular flexibility index (Phi) is 3.01. The zero-order valence-electron chi connectivity index (χ0n) is 12.4. The number of fused-ring (bicyclic) bond motifs is 1. The molecule has 2 atom stereocenters. The van der Waals surface area contributed by atoms with Crippen LogP contribution in [0, 0.1) is 17.3 Å². The van der Waals surface area contributed by atoms with E-state index >= 15 is 0 Å². The van der Waals surface area contributed by atoms with Gasteiger partial charge in [-0.2, -0.15) is 0 Å². The molecule has 0 heterocycles. The first-order valence-electron chi connectivity index (χ1n) is 7.62. The number of aliphatic hydroxyl groups is 1. The van der Waals surface area contributed by atoms with Gasteiger partial charge in [-0.15, -0.1) is 0 Å². The van der Waals surface area contributed by atoms with E-state index in [1.165, 1.54) is 30.4 Å². The van der Waals surface area contributed by atoms with E-state index in [2.05, 4.69) is 45.0 Å². The molecule has 1 nitrogen and oxygen atoms in total. The summed E-state index contributed by atoms with van der Waals surface area (Å²) < 4.78 is 0. The van der Waals surface area contributed by atoms with Crippen molar-refractivity contribution in [1.82, 2.24) is 0 Å². The first-order valence-corrected chi connectivity index (χ1v) is 7.62. The maximum absolute atomic E-state index is 9.80. The second-order valence-electron chi connectivity index (χ2n) is 7.95. The van der Waals surface area contributed by atoms with Crippen molar-refractivity contribution in [2.24, 2.45) is 17.3 Å². The summed E-state index contributed by atoms with van der Waals surface area (Å²) in [5.41, 5.74) is 3.20. The van der Waals surface area contributed by atoms with Crippen molar-refractivity contribution in [3.05, 3.63) is 35.4 Å². The van der Waals surface area contributed by atoms with Gasteiger partial charge in [0.2, 0.25) is 0 Å². The molecule has 1 aromatic rings. The van der Waals surface area contributed by atoms with Crippen molar-refractivity contribution in [2.75, 3.05) is 6.61 Å². The van der Waals surface area contributed by atoms with Gasteiger partial charge in [-0.25, -0.2) is 0 Å². The summed E-state index contributed by atoms with van der Waals surface area (Å²) in [6.45, 7) is 7.12. The minimum absolute atomic E-state index is 0.191. The first-order chi connectivity index (χ1) is 8.92. The van der Waals surface area contributed by atoms with Crippen LogP contribution >= 0.6 is 0 Å². The van der Waals surface area contributed by atoms with Crippen molar-refractivity contribution in [1.29, 1.82) is 0 Å². The zero-order valence-corrected chi connectivity index (χ0v) is 12.4. The molecule has 0 spiro atoms. The average Bonchev–Trinajstić information content (AvgIpc) is 2.97. The Balaban J connectivity index is 1.73. The molecule has 0 bridgehead atoms. The smallest absolute Gasteiger partial charge is 0.0490 e. The molecule has 1 heteroatoms. The van der Waals surface area contributed by atoms with Crippen molar-refractivity contribution in [3.63, 3.8) is 0 Å². The SMILES string of the molecule is CC(C)(C)c1ccc(CC2(CO)CC3CC3C2)cc1. The van der Waals surface area contributed by atoms with Crippen LogP contribution in [0.2, 0.25) is 0 Å². The van der Waals surface area contributed by atoms with Gasteiger partial charge in [-0.05, 0) is 59.5 Å². The van der Waals surface area contributed by atoms with E-state index in [1.54, 1.807) is 0 Å². The Morgan fingerprint density at radius 1 is 1.11 bits per heavy atom. The molecule has 2 unspecified atom stereocenters. The lowest BCUT2D eigenvalue weighted by atomic mass is 9.77. The lowest BCUT2D eigenvalue weighted by Gasteiger charge is -2.29. The highest BCUT2D eigenvalue weighted by Crippen LogP contribution is 2.60. The maximum atomic E-state index is 9.80. The molecule has 0 aromatic heterocycles. The Bertz CT molecular complexity index is 442. The third-order valence-electron chi connectivity index (χ3n) is 5.19. The highest BCUT2D eigenvalue weighted by molar-refractivity contribution is 5.28. The second-order valence-corrected chi connectivity index (χ2v) is 7.95. The summed E-state index contributed by atoms with van der Waals surface area (Å²) >= 11 is 0. The van der Waals surface area contributed by atoms with Crippen molar-refractivity contribution >= 4 is 0 Å². The molecule has 1 N–H and O–H groups in total. The van der Waals surface area contributed by atoms with Gasteiger partial charge in [0.25, 0.3) is 0 Å². The van der Waals surface area contributed by atoms with Crippen LogP contribution < -0.4 is 0 Å². The van der Waals surface area contributed by atoms with E-state index in [-0.39, 0.29) is 10.8 Å². The molecule has 2 aliphatic rings. The fraction of sp³-hybridized carbons (Fsp3) is 0.667. The van der Waals surface area contributed by atoms with Crippen LogP contribution in [0.1, 0.15) is 51.2 Å². The predicted octanol–water partition coefficient (Wildman–Crippen LogP) is 3.94. The molecule has 0 radical (unpaired) electrons. The third-order valence-corrected chi connectivity index (χ3v) is 5.19. The Morgan fingerprint density at radius 2 is 1.68 bits per heavy atom.